The van der Waals surface area contributed by atoms with E-state index in [0.29, 0.717) is 6.04 Å². The molecule has 0 saturated carbocycles. The van der Waals surface area contributed by atoms with Gasteiger partial charge in [0.15, 0.2) is 0 Å². The van der Waals surface area contributed by atoms with Gasteiger partial charge in [0.25, 0.3) is 0 Å². The van der Waals surface area contributed by atoms with E-state index in [-0.39, 0.29) is 5.82 Å². The van der Waals surface area contributed by atoms with Crippen molar-refractivity contribution in [3.05, 3.63) is 35.6 Å². The monoisotopic (exact) mass is 222 g/mol. The zero-order valence-electron chi connectivity index (χ0n) is 9.99. The summed E-state index contributed by atoms with van der Waals surface area (Å²) >= 11 is 0. The third-order valence-electron chi connectivity index (χ3n) is 3.36. The van der Waals surface area contributed by atoms with E-state index in [1.165, 1.54) is 17.7 Å². The predicted octanol–water partition coefficient (Wildman–Crippen LogP) is 1.96. The first kappa shape index (κ1) is 11.6. The van der Waals surface area contributed by atoms with E-state index in [0.717, 1.165) is 26.2 Å². The summed E-state index contributed by atoms with van der Waals surface area (Å²) in [7, 11) is 2.17. The quantitative estimate of drug-likeness (QED) is 0.754. The van der Waals surface area contributed by atoms with Gasteiger partial charge in [0.05, 0.1) is 0 Å². The van der Waals surface area contributed by atoms with Gasteiger partial charge in [0, 0.05) is 32.2 Å². The third kappa shape index (κ3) is 2.80. The van der Waals surface area contributed by atoms with Crippen LogP contribution < -0.4 is 0 Å². The van der Waals surface area contributed by atoms with Crippen molar-refractivity contribution in [2.24, 2.45) is 0 Å². The van der Waals surface area contributed by atoms with Crippen molar-refractivity contribution in [3.8, 4) is 0 Å². The molecule has 1 atom stereocenters. The minimum atomic E-state index is -0.157. The first-order valence-corrected chi connectivity index (χ1v) is 5.82. The second kappa shape index (κ2) is 4.93. The van der Waals surface area contributed by atoms with Crippen LogP contribution in [0.4, 0.5) is 4.39 Å². The standard InChI is InChI=1S/C13H19FN2/c1-11-9-16(8-7-15(11)2)10-12-3-5-13(14)6-4-12/h3-6,11H,7-10H2,1-2H3/t11-/m1/s1. The maximum Gasteiger partial charge on any atom is 0.123 e. The van der Waals surface area contributed by atoms with E-state index in [1.807, 2.05) is 12.1 Å². The first-order chi connectivity index (χ1) is 7.65. The number of hydrogen-bond donors (Lipinski definition) is 0. The first-order valence-electron chi connectivity index (χ1n) is 5.82. The van der Waals surface area contributed by atoms with Gasteiger partial charge in [-0.25, -0.2) is 4.39 Å². The lowest BCUT2D eigenvalue weighted by atomic mass is 10.1. The van der Waals surface area contributed by atoms with Crippen molar-refractivity contribution < 1.29 is 4.39 Å². The van der Waals surface area contributed by atoms with Crippen LogP contribution in [0.15, 0.2) is 24.3 Å². The fraction of sp³-hybridized carbons (Fsp3) is 0.538. The molecule has 0 amide bonds. The van der Waals surface area contributed by atoms with Crippen molar-refractivity contribution in [2.75, 3.05) is 26.7 Å². The minimum Gasteiger partial charge on any atom is -0.301 e. The van der Waals surface area contributed by atoms with Crippen molar-refractivity contribution >= 4 is 0 Å². The van der Waals surface area contributed by atoms with Crippen LogP contribution >= 0.6 is 0 Å². The average Bonchev–Trinajstić information content (AvgIpc) is 2.27. The highest BCUT2D eigenvalue weighted by atomic mass is 19.1. The molecule has 0 aliphatic carbocycles. The molecule has 1 heterocycles. The normalized spacial score (nSPS) is 23.6. The number of rotatable bonds is 2. The lowest BCUT2D eigenvalue weighted by Crippen LogP contribution is -2.49. The SMILES string of the molecule is C[C@@H]1CN(Cc2ccc(F)cc2)CCN1C. The molecule has 2 rings (SSSR count). The van der Waals surface area contributed by atoms with E-state index >= 15 is 0 Å². The maximum atomic E-state index is 12.8. The van der Waals surface area contributed by atoms with E-state index in [4.69, 9.17) is 0 Å². The lowest BCUT2D eigenvalue weighted by Gasteiger charge is -2.37. The van der Waals surface area contributed by atoms with E-state index in [2.05, 4.69) is 23.8 Å². The Hall–Kier alpha value is -0.930. The molecule has 1 aromatic rings. The van der Waals surface area contributed by atoms with Crippen molar-refractivity contribution in [1.29, 1.82) is 0 Å². The Balaban J connectivity index is 1.93. The molecule has 1 aliphatic heterocycles. The molecule has 3 heteroatoms. The number of benzene rings is 1. The molecule has 0 unspecified atom stereocenters. The average molecular weight is 222 g/mol. The van der Waals surface area contributed by atoms with E-state index < -0.39 is 0 Å². The molecule has 1 saturated heterocycles. The minimum absolute atomic E-state index is 0.157. The van der Waals surface area contributed by atoms with Gasteiger partial charge in [-0.2, -0.15) is 0 Å². The molecule has 1 aliphatic rings. The largest absolute Gasteiger partial charge is 0.301 e. The number of likely N-dealkylation sites (N-methyl/N-ethyl adjacent to an activating group) is 1. The Morgan fingerprint density at radius 2 is 1.94 bits per heavy atom. The molecule has 0 spiro atoms. The van der Waals surface area contributed by atoms with Crippen LogP contribution in [0.25, 0.3) is 0 Å². The molecule has 0 N–H and O–H groups in total. The van der Waals surface area contributed by atoms with Crippen molar-refractivity contribution in [3.63, 3.8) is 0 Å². The number of piperazine rings is 1. The highest BCUT2D eigenvalue weighted by Crippen LogP contribution is 2.11. The fourth-order valence-corrected chi connectivity index (χ4v) is 2.12. The summed E-state index contributed by atoms with van der Waals surface area (Å²) < 4.78 is 12.8. The van der Waals surface area contributed by atoms with Crippen LogP contribution in [0.5, 0.6) is 0 Å². The molecule has 2 nitrogen and oxygen atoms in total. The van der Waals surface area contributed by atoms with Gasteiger partial charge in [-0.3, -0.25) is 4.90 Å². The zero-order valence-corrected chi connectivity index (χ0v) is 9.99. The summed E-state index contributed by atoms with van der Waals surface area (Å²) in [5, 5.41) is 0. The molecule has 1 fully saturated rings. The molecular weight excluding hydrogens is 203 g/mol. The molecule has 0 bridgehead atoms. The second-order valence-electron chi connectivity index (χ2n) is 4.69. The van der Waals surface area contributed by atoms with Gasteiger partial charge in [-0.15, -0.1) is 0 Å². The smallest absolute Gasteiger partial charge is 0.123 e. The summed E-state index contributed by atoms with van der Waals surface area (Å²) in [4.78, 5) is 4.80. The molecule has 1 aromatic carbocycles. The number of hydrogen-bond acceptors (Lipinski definition) is 2. The summed E-state index contributed by atoms with van der Waals surface area (Å²) in [5.74, 6) is -0.157. The fourth-order valence-electron chi connectivity index (χ4n) is 2.12. The topological polar surface area (TPSA) is 6.48 Å². The van der Waals surface area contributed by atoms with Crippen molar-refractivity contribution in [2.45, 2.75) is 19.5 Å². The molecule has 88 valence electrons. The maximum absolute atomic E-state index is 12.8. The van der Waals surface area contributed by atoms with Gasteiger partial charge in [0.2, 0.25) is 0 Å². The second-order valence-corrected chi connectivity index (χ2v) is 4.69. The summed E-state index contributed by atoms with van der Waals surface area (Å²) in [6.07, 6.45) is 0. The van der Waals surface area contributed by atoms with Crippen molar-refractivity contribution in [1.82, 2.24) is 9.80 Å². The van der Waals surface area contributed by atoms with Crippen LogP contribution in [0.1, 0.15) is 12.5 Å². The lowest BCUT2D eigenvalue weighted by molar-refractivity contribution is 0.1000. The van der Waals surface area contributed by atoms with Gasteiger partial charge >= 0.3 is 0 Å². The van der Waals surface area contributed by atoms with Crippen LogP contribution in [-0.4, -0.2) is 42.5 Å². The highest BCUT2D eigenvalue weighted by Gasteiger charge is 2.20. The van der Waals surface area contributed by atoms with Gasteiger partial charge in [-0.05, 0) is 31.7 Å². The third-order valence-corrected chi connectivity index (χ3v) is 3.36. The Bertz CT molecular complexity index is 336. The molecule has 0 aromatic heterocycles. The molecular formula is C13H19FN2. The molecule has 16 heavy (non-hydrogen) atoms. The summed E-state index contributed by atoms with van der Waals surface area (Å²) in [6.45, 7) is 6.48. The Morgan fingerprint density at radius 3 is 2.56 bits per heavy atom. The van der Waals surface area contributed by atoms with E-state index in [1.54, 1.807) is 0 Å². The van der Waals surface area contributed by atoms with Gasteiger partial charge in [0.1, 0.15) is 5.82 Å². The van der Waals surface area contributed by atoms with Gasteiger partial charge in [-0.1, -0.05) is 12.1 Å². The summed E-state index contributed by atoms with van der Waals surface area (Å²) in [5.41, 5.74) is 1.19. The van der Waals surface area contributed by atoms with Gasteiger partial charge < -0.3 is 4.90 Å². The van der Waals surface area contributed by atoms with Crippen LogP contribution in [0, 0.1) is 5.82 Å². The Kier molecular flexibility index (Phi) is 3.56. The Labute approximate surface area is 96.7 Å². The van der Waals surface area contributed by atoms with Crippen LogP contribution in [-0.2, 0) is 6.54 Å². The predicted molar refractivity (Wildman–Crippen MR) is 63.8 cm³/mol. The number of nitrogens with zero attached hydrogens (tertiary/aromatic N) is 2. The Morgan fingerprint density at radius 1 is 1.25 bits per heavy atom. The number of halogens is 1. The van der Waals surface area contributed by atoms with Crippen LogP contribution in [0.3, 0.4) is 0 Å². The van der Waals surface area contributed by atoms with E-state index in [9.17, 15) is 4.39 Å². The van der Waals surface area contributed by atoms with Crippen LogP contribution in [0.2, 0.25) is 0 Å². The highest BCUT2D eigenvalue weighted by molar-refractivity contribution is 5.16. The summed E-state index contributed by atoms with van der Waals surface area (Å²) in [6, 6.07) is 7.43. The zero-order chi connectivity index (χ0) is 11.5. The molecule has 0 radical (unpaired) electrons.